The Morgan fingerprint density at radius 2 is 2.12 bits per heavy atom. The highest BCUT2D eigenvalue weighted by Crippen LogP contribution is 2.39. The summed E-state index contributed by atoms with van der Waals surface area (Å²) in [6, 6.07) is 7.98. The van der Waals surface area contributed by atoms with Crippen LogP contribution in [0.1, 0.15) is 18.4 Å². The fraction of sp³-hybridized carbons (Fsp3) is 0.571. The molecule has 0 heterocycles. The molecule has 3 heteroatoms. The van der Waals surface area contributed by atoms with E-state index in [9.17, 15) is 5.11 Å². The minimum Gasteiger partial charge on any atom is -0.491 e. The van der Waals surface area contributed by atoms with Crippen LogP contribution in [0.5, 0.6) is 5.75 Å². The lowest BCUT2D eigenvalue weighted by Crippen LogP contribution is -2.53. The fourth-order valence-electron chi connectivity index (χ4n) is 2.21. The minimum atomic E-state index is -0.276. The average molecular weight is 235 g/mol. The molecule has 94 valence electrons. The maximum Gasteiger partial charge on any atom is 0.122 e. The van der Waals surface area contributed by atoms with E-state index in [2.05, 4.69) is 5.32 Å². The predicted octanol–water partition coefficient (Wildman–Crippen LogP) is 1.73. The zero-order chi connectivity index (χ0) is 12.3. The third-order valence-corrected chi connectivity index (χ3v) is 3.72. The van der Waals surface area contributed by atoms with E-state index in [1.165, 1.54) is 12.8 Å². The zero-order valence-electron chi connectivity index (χ0n) is 10.6. The molecule has 3 nitrogen and oxygen atoms in total. The minimum absolute atomic E-state index is 0.125. The van der Waals surface area contributed by atoms with Crippen LogP contribution in [-0.2, 0) is 0 Å². The number of likely N-dealkylation sites (N-methyl/N-ethyl adjacent to an activating group) is 1. The highest BCUT2D eigenvalue weighted by Gasteiger charge is 2.44. The average Bonchev–Trinajstić information content (AvgIpc) is 3.18. The van der Waals surface area contributed by atoms with E-state index >= 15 is 0 Å². The molecule has 0 bridgehead atoms. The number of para-hydroxylation sites is 1. The molecule has 0 amide bonds. The monoisotopic (exact) mass is 235 g/mol. The van der Waals surface area contributed by atoms with E-state index in [0.29, 0.717) is 12.5 Å². The maximum atomic E-state index is 9.59. The van der Waals surface area contributed by atoms with Gasteiger partial charge >= 0.3 is 0 Å². The number of aliphatic hydroxyl groups excluding tert-OH is 1. The molecule has 1 aliphatic rings. The second-order valence-electron chi connectivity index (χ2n) is 4.89. The highest BCUT2D eigenvalue weighted by molar-refractivity contribution is 5.31. The van der Waals surface area contributed by atoms with Crippen molar-refractivity contribution < 1.29 is 9.84 Å². The second kappa shape index (κ2) is 5.07. The first-order valence-corrected chi connectivity index (χ1v) is 6.20. The van der Waals surface area contributed by atoms with Crippen LogP contribution < -0.4 is 10.1 Å². The molecule has 0 spiro atoms. The summed E-state index contributed by atoms with van der Waals surface area (Å²) in [6.45, 7) is 2.68. The van der Waals surface area contributed by atoms with Gasteiger partial charge in [0.15, 0.2) is 0 Å². The summed E-state index contributed by atoms with van der Waals surface area (Å²) >= 11 is 0. The van der Waals surface area contributed by atoms with Crippen LogP contribution in [0.25, 0.3) is 0 Å². The first kappa shape index (κ1) is 12.4. The molecule has 17 heavy (non-hydrogen) atoms. The van der Waals surface area contributed by atoms with Gasteiger partial charge in [0.2, 0.25) is 0 Å². The van der Waals surface area contributed by atoms with Crippen molar-refractivity contribution in [3.8, 4) is 5.75 Å². The quantitative estimate of drug-likeness (QED) is 0.789. The smallest absolute Gasteiger partial charge is 0.122 e. The standard InChI is InChI=1S/C14H21NO2/c1-11-5-3-4-6-13(11)17-10-14(9-16,15-2)12-7-8-12/h3-6,12,15-16H,7-10H2,1-2H3. The molecular weight excluding hydrogens is 214 g/mol. The first-order valence-electron chi connectivity index (χ1n) is 6.20. The number of aliphatic hydroxyl groups is 1. The van der Waals surface area contributed by atoms with Crippen molar-refractivity contribution in [3.63, 3.8) is 0 Å². The summed E-state index contributed by atoms with van der Waals surface area (Å²) in [5.41, 5.74) is 0.855. The topological polar surface area (TPSA) is 41.5 Å². The number of nitrogens with one attached hydrogen (secondary N) is 1. The lowest BCUT2D eigenvalue weighted by Gasteiger charge is -2.31. The maximum absolute atomic E-state index is 9.59. The van der Waals surface area contributed by atoms with Crippen LogP contribution in [0, 0.1) is 12.8 Å². The second-order valence-corrected chi connectivity index (χ2v) is 4.89. The summed E-state index contributed by atoms with van der Waals surface area (Å²) in [5.74, 6) is 1.45. The largest absolute Gasteiger partial charge is 0.491 e. The van der Waals surface area contributed by atoms with Gasteiger partial charge in [-0.05, 0) is 44.4 Å². The Labute approximate surface area is 103 Å². The number of ether oxygens (including phenoxy) is 1. The van der Waals surface area contributed by atoms with Crippen molar-refractivity contribution in [1.82, 2.24) is 5.32 Å². The van der Waals surface area contributed by atoms with Crippen molar-refractivity contribution >= 4 is 0 Å². The molecule has 1 unspecified atom stereocenters. The van der Waals surface area contributed by atoms with Crippen molar-refractivity contribution in [3.05, 3.63) is 29.8 Å². The highest BCUT2D eigenvalue weighted by atomic mass is 16.5. The molecule has 2 rings (SSSR count). The van der Waals surface area contributed by atoms with Gasteiger partial charge in [-0.2, -0.15) is 0 Å². The SMILES string of the molecule is CNC(CO)(COc1ccccc1C)C1CC1. The van der Waals surface area contributed by atoms with Crippen LogP contribution in [0.15, 0.2) is 24.3 Å². The lowest BCUT2D eigenvalue weighted by atomic mass is 9.95. The number of hydrogen-bond donors (Lipinski definition) is 2. The van der Waals surface area contributed by atoms with E-state index in [4.69, 9.17) is 4.74 Å². The molecule has 0 aliphatic heterocycles. The van der Waals surface area contributed by atoms with E-state index in [0.717, 1.165) is 11.3 Å². The number of rotatable bonds is 6. The molecule has 0 radical (unpaired) electrons. The van der Waals surface area contributed by atoms with Crippen LogP contribution in [0.4, 0.5) is 0 Å². The molecule has 1 aliphatic carbocycles. The number of aryl methyl sites for hydroxylation is 1. The van der Waals surface area contributed by atoms with Gasteiger partial charge < -0.3 is 15.2 Å². The Morgan fingerprint density at radius 3 is 2.65 bits per heavy atom. The molecule has 0 aromatic heterocycles. The van der Waals surface area contributed by atoms with E-state index in [1.807, 2.05) is 38.2 Å². The van der Waals surface area contributed by atoms with Gasteiger partial charge in [-0.25, -0.2) is 0 Å². The summed E-state index contributed by atoms with van der Waals surface area (Å²) in [5, 5.41) is 12.8. The third kappa shape index (κ3) is 2.61. The predicted molar refractivity (Wildman–Crippen MR) is 68.3 cm³/mol. The van der Waals surface area contributed by atoms with Gasteiger partial charge in [0.25, 0.3) is 0 Å². The Morgan fingerprint density at radius 1 is 1.41 bits per heavy atom. The fourth-order valence-corrected chi connectivity index (χ4v) is 2.21. The van der Waals surface area contributed by atoms with E-state index < -0.39 is 0 Å². The molecule has 1 fully saturated rings. The van der Waals surface area contributed by atoms with Gasteiger partial charge in [-0.1, -0.05) is 18.2 Å². The number of hydrogen-bond acceptors (Lipinski definition) is 3. The van der Waals surface area contributed by atoms with Crippen LogP contribution in [0.3, 0.4) is 0 Å². The van der Waals surface area contributed by atoms with Gasteiger partial charge in [0, 0.05) is 0 Å². The molecular formula is C14H21NO2. The molecule has 1 saturated carbocycles. The summed E-state index contributed by atoms with van der Waals surface area (Å²) in [7, 11) is 1.90. The van der Waals surface area contributed by atoms with Crippen LogP contribution in [-0.4, -0.2) is 30.9 Å². The summed E-state index contributed by atoms with van der Waals surface area (Å²) < 4.78 is 5.86. The van der Waals surface area contributed by atoms with Crippen molar-refractivity contribution in [1.29, 1.82) is 0 Å². The summed E-state index contributed by atoms with van der Waals surface area (Å²) in [4.78, 5) is 0. The Balaban J connectivity index is 2.02. The van der Waals surface area contributed by atoms with Crippen molar-refractivity contribution in [2.24, 2.45) is 5.92 Å². The Bertz CT molecular complexity index is 370. The molecule has 0 saturated heterocycles. The number of benzene rings is 1. The Hall–Kier alpha value is -1.06. The zero-order valence-corrected chi connectivity index (χ0v) is 10.6. The lowest BCUT2D eigenvalue weighted by molar-refractivity contribution is 0.0911. The van der Waals surface area contributed by atoms with Crippen LogP contribution >= 0.6 is 0 Å². The van der Waals surface area contributed by atoms with E-state index in [-0.39, 0.29) is 12.1 Å². The molecule has 1 aromatic rings. The molecule has 2 N–H and O–H groups in total. The van der Waals surface area contributed by atoms with Gasteiger partial charge in [0.05, 0.1) is 12.1 Å². The first-order chi connectivity index (χ1) is 8.22. The third-order valence-electron chi connectivity index (χ3n) is 3.72. The molecule has 1 aromatic carbocycles. The van der Waals surface area contributed by atoms with Gasteiger partial charge in [-0.3, -0.25) is 0 Å². The van der Waals surface area contributed by atoms with Crippen molar-refractivity contribution in [2.75, 3.05) is 20.3 Å². The van der Waals surface area contributed by atoms with Crippen molar-refractivity contribution in [2.45, 2.75) is 25.3 Å². The van der Waals surface area contributed by atoms with Gasteiger partial charge in [-0.15, -0.1) is 0 Å². The molecule has 1 atom stereocenters. The summed E-state index contributed by atoms with van der Waals surface area (Å²) in [6.07, 6.45) is 2.36. The van der Waals surface area contributed by atoms with E-state index in [1.54, 1.807) is 0 Å². The normalized spacial score (nSPS) is 18.8. The van der Waals surface area contributed by atoms with Crippen LogP contribution in [0.2, 0.25) is 0 Å². The van der Waals surface area contributed by atoms with Gasteiger partial charge in [0.1, 0.15) is 12.4 Å². The Kier molecular flexibility index (Phi) is 3.69.